The van der Waals surface area contributed by atoms with E-state index in [9.17, 15) is 47.9 Å². The summed E-state index contributed by atoms with van der Waals surface area (Å²) >= 11 is 0. The number of hydrogen-bond donors (Lipinski definition) is 9. The van der Waals surface area contributed by atoms with Crippen molar-refractivity contribution >= 4 is 59.3 Å². The van der Waals surface area contributed by atoms with Gasteiger partial charge >= 0.3 is 0 Å². The molecule has 22 heteroatoms. The molecule has 0 aromatic heterocycles. The number of aldehydes is 1. The van der Waals surface area contributed by atoms with Crippen LogP contribution in [0.3, 0.4) is 0 Å². The minimum Gasteiger partial charge on any atom is -0.497 e. The minimum atomic E-state index is -1.72. The molecule has 0 radical (unpaired) electrons. The van der Waals surface area contributed by atoms with Gasteiger partial charge in [-0.2, -0.15) is 0 Å². The van der Waals surface area contributed by atoms with E-state index in [2.05, 4.69) is 47.9 Å². The van der Waals surface area contributed by atoms with E-state index in [4.69, 9.17) is 9.47 Å². The molecule has 2 saturated carbocycles. The van der Waals surface area contributed by atoms with Crippen molar-refractivity contribution in [1.29, 1.82) is 0 Å². The van der Waals surface area contributed by atoms with Crippen LogP contribution in [0.5, 0.6) is 11.5 Å². The van der Waals surface area contributed by atoms with Crippen LogP contribution < -0.4 is 57.3 Å². The van der Waals surface area contributed by atoms with E-state index in [0.717, 1.165) is 55.3 Å². The molecular formula is C73H110N10O12. The molecule has 3 aromatic carbocycles. The van der Waals surface area contributed by atoms with Gasteiger partial charge in [0.25, 0.3) is 0 Å². The first-order valence-corrected chi connectivity index (χ1v) is 33.8. The van der Waals surface area contributed by atoms with Crippen LogP contribution in [0.2, 0.25) is 0 Å². The SMILES string of the molecule is COc1ccc(-c2ccc(OC[C@H](NC(=O)[C@@H]3CCCCCC3C(=O)c3ccc(C)cc3)C(=O)N[C@@H](CC(C)C)C(=O)NC(C)(C)C(=O)NC(C=O)(CN[C@@H](CC(C)C)C(=O)NC(C)(C)C(=O)NC(C)(C)C(=O)NCCC(=O)NC3(CN(C)C)CCC3)CC(C)C)cc2)cc1. The first kappa shape index (κ1) is 78.0. The van der Waals surface area contributed by atoms with Crippen molar-refractivity contribution in [1.82, 2.24) is 52.8 Å². The van der Waals surface area contributed by atoms with Gasteiger partial charge in [0, 0.05) is 43.5 Å². The van der Waals surface area contributed by atoms with E-state index in [0.29, 0.717) is 42.6 Å². The molecule has 9 N–H and O–H groups in total. The number of nitrogens with zero attached hydrogens (tertiary/aromatic N) is 1. The zero-order valence-corrected chi connectivity index (χ0v) is 59.3. The lowest BCUT2D eigenvalue weighted by atomic mass is 9.76. The maximum atomic E-state index is 14.8. The lowest BCUT2D eigenvalue weighted by Gasteiger charge is -2.44. The average Bonchev–Trinajstić information content (AvgIpc) is 0.986. The molecule has 2 fully saturated rings. The van der Waals surface area contributed by atoms with Crippen LogP contribution in [0.1, 0.15) is 176 Å². The zero-order chi connectivity index (χ0) is 70.6. The number of hydrogen-bond acceptors (Lipinski definition) is 14. The topological polar surface area (TPSA) is 301 Å². The van der Waals surface area contributed by atoms with Gasteiger partial charge in [-0.05, 0) is 167 Å². The summed E-state index contributed by atoms with van der Waals surface area (Å²) in [5.41, 5.74) is -3.31. The van der Waals surface area contributed by atoms with E-state index >= 15 is 0 Å². The van der Waals surface area contributed by atoms with Gasteiger partial charge in [-0.15, -0.1) is 0 Å². The van der Waals surface area contributed by atoms with Crippen LogP contribution in [0.4, 0.5) is 0 Å². The smallest absolute Gasteiger partial charge is 0.246 e. The molecule has 6 atom stereocenters. The second-order valence-corrected chi connectivity index (χ2v) is 29.5. The number of rotatable bonds is 36. The molecule has 0 spiro atoms. The molecule has 0 saturated heterocycles. The Kier molecular flexibility index (Phi) is 28.6. The maximum Gasteiger partial charge on any atom is 0.246 e. The molecule has 95 heavy (non-hydrogen) atoms. The number of amides is 8. The third-order valence-electron chi connectivity index (χ3n) is 17.7. The Balaban J connectivity index is 1.29. The summed E-state index contributed by atoms with van der Waals surface area (Å²) in [7, 11) is 5.51. The highest BCUT2D eigenvalue weighted by Crippen LogP contribution is 2.34. The van der Waals surface area contributed by atoms with Crippen LogP contribution in [0.25, 0.3) is 11.1 Å². The summed E-state index contributed by atoms with van der Waals surface area (Å²) in [5.74, 6) is -5.49. The molecule has 0 heterocycles. The Morgan fingerprint density at radius 1 is 0.600 bits per heavy atom. The Bertz CT molecular complexity index is 3100. The number of Topliss-reactive ketones (excluding diaryl/α,β-unsaturated/α-hetero) is 1. The number of aryl methyl sites for hydroxylation is 1. The zero-order valence-electron chi connectivity index (χ0n) is 59.3. The van der Waals surface area contributed by atoms with E-state index in [-0.39, 0.29) is 80.4 Å². The number of methoxy groups -OCH3 is 1. The summed E-state index contributed by atoms with van der Waals surface area (Å²) in [4.78, 5) is 143. The standard InChI is InChI=1S/C73H110N10O12/c1-46(2)39-57(64(89)79-70(10,11)67(92)81-69(8,9)66(91)74-38-35-60(85)78-72(36-20-37-72)44-83(14)15)75-43-73(45-84,41-48(5)6)82-68(93)71(12,13)80-65(90)58(40-47(3)4)76-63(88)59(42-95-54-33-29-51(30-34-54)50-27-31-53(94-16)32-28-50)77-62(87)56-22-19-17-18-21-55(56)61(86)52-25-23-49(7)24-26-52/h23-34,45-48,55-59,75H,17-22,35-44H2,1-16H3,(H,74,91)(H,76,88)(H,77,87)(H,78,85)(H,79,89)(H,80,90)(H,81,92)(H,82,93)/t55?,56-,57+,58+,59+,73?/m1/s1. The largest absolute Gasteiger partial charge is 0.497 e. The fraction of sp³-hybridized carbons (Fsp3) is 0.616. The van der Waals surface area contributed by atoms with Gasteiger partial charge in [0.05, 0.1) is 18.7 Å². The van der Waals surface area contributed by atoms with Crippen LogP contribution in [-0.4, -0.2) is 157 Å². The molecule has 22 nitrogen and oxygen atoms in total. The van der Waals surface area contributed by atoms with Gasteiger partial charge in [-0.1, -0.05) is 115 Å². The predicted octanol–water partition coefficient (Wildman–Crippen LogP) is 7.04. The highest BCUT2D eigenvalue weighted by atomic mass is 16.5. The second kappa shape index (κ2) is 34.8. The lowest BCUT2D eigenvalue weighted by molar-refractivity contribution is -0.138. The van der Waals surface area contributed by atoms with Crippen molar-refractivity contribution in [3.05, 3.63) is 83.9 Å². The summed E-state index contributed by atoms with van der Waals surface area (Å²) in [6, 6.07) is 18.5. The third kappa shape index (κ3) is 23.6. The molecule has 0 aliphatic heterocycles. The van der Waals surface area contributed by atoms with Gasteiger partial charge in [-0.25, -0.2) is 0 Å². The highest BCUT2D eigenvalue weighted by Gasteiger charge is 2.44. The van der Waals surface area contributed by atoms with Gasteiger partial charge < -0.3 is 67.0 Å². The quantitative estimate of drug-likeness (QED) is 0.0160. The van der Waals surface area contributed by atoms with E-state index in [1.165, 1.54) is 41.5 Å². The Labute approximate surface area is 563 Å². The van der Waals surface area contributed by atoms with Gasteiger partial charge in [-0.3, -0.25) is 43.2 Å². The summed E-state index contributed by atoms with van der Waals surface area (Å²) in [5, 5.41) is 26.2. The van der Waals surface area contributed by atoms with Crippen molar-refractivity contribution in [2.45, 2.75) is 213 Å². The molecule has 2 unspecified atom stereocenters. The molecule has 2 aliphatic rings. The number of likely N-dealkylation sites (N-methyl/N-ethyl adjacent to an activating group) is 1. The number of ether oxygens (including phenoxy) is 2. The molecule has 524 valence electrons. The van der Waals surface area contributed by atoms with Crippen LogP contribution >= 0.6 is 0 Å². The number of benzene rings is 3. The molecule has 5 rings (SSSR count). The monoisotopic (exact) mass is 1320 g/mol. The summed E-state index contributed by atoms with van der Waals surface area (Å²) in [6.45, 7) is 22.4. The lowest BCUT2D eigenvalue weighted by Crippen LogP contribution is -2.67. The van der Waals surface area contributed by atoms with Crippen LogP contribution in [0.15, 0.2) is 72.8 Å². The first-order chi connectivity index (χ1) is 44.5. The van der Waals surface area contributed by atoms with Gasteiger partial charge in [0.2, 0.25) is 47.3 Å². The highest BCUT2D eigenvalue weighted by molar-refractivity contribution is 6.02. The average molecular weight is 1320 g/mol. The van der Waals surface area contributed by atoms with Crippen LogP contribution in [0, 0.1) is 36.5 Å². The molecule has 8 amide bonds. The fourth-order valence-electron chi connectivity index (χ4n) is 12.3. The summed E-state index contributed by atoms with van der Waals surface area (Å²) in [6.07, 6.45) is 7.13. The molecular weight excluding hydrogens is 1210 g/mol. The van der Waals surface area contributed by atoms with Crippen molar-refractivity contribution in [2.75, 3.05) is 47.4 Å². The molecule has 3 aromatic rings. The van der Waals surface area contributed by atoms with Crippen molar-refractivity contribution in [3.8, 4) is 22.6 Å². The van der Waals surface area contributed by atoms with Crippen molar-refractivity contribution in [3.63, 3.8) is 0 Å². The van der Waals surface area contributed by atoms with E-state index in [1.807, 2.05) is 116 Å². The first-order valence-electron chi connectivity index (χ1n) is 33.8. The summed E-state index contributed by atoms with van der Waals surface area (Å²) < 4.78 is 11.6. The second-order valence-electron chi connectivity index (χ2n) is 29.5. The fourth-order valence-corrected chi connectivity index (χ4v) is 12.3. The number of carbonyl (C=O) groups is 10. The normalized spacial score (nSPS) is 17.3. The van der Waals surface area contributed by atoms with Crippen molar-refractivity contribution < 1.29 is 57.4 Å². The molecule has 0 bridgehead atoms. The number of nitrogens with one attached hydrogen (secondary N) is 9. The Hall–Kier alpha value is -7.72. The number of ketones is 1. The van der Waals surface area contributed by atoms with Crippen molar-refractivity contribution in [2.24, 2.45) is 29.6 Å². The number of carbonyl (C=O) groups excluding carboxylic acids is 10. The molecule has 2 aliphatic carbocycles. The predicted molar refractivity (Wildman–Crippen MR) is 368 cm³/mol. The van der Waals surface area contributed by atoms with E-state index in [1.54, 1.807) is 31.4 Å². The Morgan fingerprint density at radius 2 is 1.13 bits per heavy atom. The van der Waals surface area contributed by atoms with Crippen LogP contribution in [-0.2, 0) is 43.2 Å². The van der Waals surface area contributed by atoms with Gasteiger partial charge in [0.1, 0.15) is 58.6 Å². The third-order valence-corrected chi connectivity index (χ3v) is 17.7. The van der Waals surface area contributed by atoms with E-state index < -0.39 is 93.5 Å². The van der Waals surface area contributed by atoms with Gasteiger partial charge in [0.15, 0.2) is 5.78 Å². The maximum absolute atomic E-state index is 14.8. The minimum absolute atomic E-state index is 0.0460. The Morgan fingerprint density at radius 3 is 1.64 bits per heavy atom.